The molecule has 1 unspecified atom stereocenters. The third kappa shape index (κ3) is 5.82. The summed E-state index contributed by atoms with van der Waals surface area (Å²) in [6.45, 7) is 6.60. The van der Waals surface area contributed by atoms with Crippen LogP contribution in [0.25, 0.3) is 10.9 Å². The summed E-state index contributed by atoms with van der Waals surface area (Å²) in [4.78, 5) is 15.8. The Morgan fingerprint density at radius 3 is 2.81 bits per heavy atom. The van der Waals surface area contributed by atoms with Gasteiger partial charge in [-0.1, -0.05) is 40.0 Å². The fourth-order valence-corrected chi connectivity index (χ4v) is 4.04. The number of aromatic nitrogens is 1. The zero-order chi connectivity index (χ0) is 18.5. The Hall–Kier alpha value is -1.33. The number of unbranched alkanes of at least 4 members (excludes halogenated alkanes) is 3. The summed E-state index contributed by atoms with van der Waals surface area (Å²) >= 11 is 0. The Balaban J connectivity index is 0.00000261. The first-order chi connectivity index (χ1) is 12.6. The maximum Gasteiger partial charge on any atom is 0.224 e. The second-order valence-corrected chi connectivity index (χ2v) is 7.96. The van der Waals surface area contributed by atoms with E-state index < -0.39 is 0 Å². The van der Waals surface area contributed by atoms with Crippen LogP contribution in [0.1, 0.15) is 70.6 Å². The maximum atomic E-state index is 12.2. The zero-order valence-electron chi connectivity index (χ0n) is 16.9. The quantitative estimate of drug-likeness (QED) is 0.478. The van der Waals surface area contributed by atoms with Crippen molar-refractivity contribution >= 4 is 39.5 Å². The molecule has 0 saturated heterocycles. The van der Waals surface area contributed by atoms with Crippen molar-refractivity contribution < 1.29 is 4.79 Å². The second kappa shape index (κ2) is 10.3. The van der Waals surface area contributed by atoms with Crippen molar-refractivity contribution in [2.75, 3.05) is 5.32 Å². The summed E-state index contributed by atoms with van der Waals surface area (Å²) in [6, 6.07) is 7.31. The van der Waals surface area contributed by atoms with Gasteiger partial charge in [-0.15, -0.1) is 17.0 Å². The molecule has 0 saturated carbocycles. The van der Waals surface area contributed by atoms with Crippen LogP contribution in [0.4, 0.5) is 5.69 Å². The summed E-state index contributed by atoms with van der Waals surface area (Å²) in [5.74, 6) is 0.129. The number of hydrogen-bond donors (Lipinski definition) is 3. The monoisotopic (exact) mass is 435 g/mol. The maximum absolute atomic E-state index is 12.2. The van der Waals surface area contributed by atoms with E-state index in [2.05, 4.69) is 48.5 Å². The fraction of sp³-hybridized carbons (Fsp3) is 0.591. The molecule has 1 aliphatic rings. The van der Waals surface area contributed by atoms with E-state index in [-0.39, 0.29) is 22.9 Å². The van der Waals surface area contributed by atoms with E-state index in [0.29, 0.717) is 18.5 Å². The van der Waals surface area contributed by atoms with Gasteiger partial charge in [-0.3, -0.25) is 4.79 Å². The lowest BCUT2D eigenvalue weighted by molar-refractivity contribution is -0.116. The minimum atomic E-state index is 0. The number of hydrogen-bond acceptors (Lipinski definition) is 2. The third-order valence-electron chi connectivity index (χ3n) is 5.30. The van der Waals surface area contributed by atoms with Gasteiger partial charge in [0.25, 0.3) is 0 Å². The third-order valence-corrected chi connectivity index (χ3v) is 5.30. The van der Waals surface area contributed by atoms with E-state index in [4.69, 9.17) is 0 Å². The van der Waals surface area contributed by atoms with Crippen LogP contribution in [0.2, 0.25) is 0 Å². The van der Waals surface area contributed by atoms with E-state index in [1.165, 1.54) is 41.4 Å². The van der Waals surface area contributed by atoms with Crippen LogP contribution in [0.3, 0.4) is 0 Å². The first kappa shape index (κ1) is 22.0. The number of anilines is 1. The summed E-state index contributed by atoms with van der Waals surface area (Å²) in [5, 5.41) is 8.02. The number of benzene rings is 1. The number of fused-ring (bicyclic) bond motifs is 3. The standard InChI is InChI=1S/C22H33N3O.BrH/c1-4-5-6-7-8-22(26)24-17-10-12-21-19(14-17)18-13-16(23-15(2)3)9-11-20(18)25-21;/h10,12,14-16,23,25H,4-9,11,13H2,1-3H3,(H,24,26);1H. The highest BCUT2D eigenvalue weighted by Crippen LogP contribution is 2.31. The molecule has 0 aliphatic heterocycles. The number of aryl methyl sites for hydroxylation is 1. The van der Waals surface area contributed by atoms with E-state index in [1.807, 2.05) is 6.07 Å². The Bertz CT molecular complexity index is 753. The van der Waals surface area contributed by atoms with Crippen molar-refractivity contribution in [3.8, 4) is 0 Å². The molecule has 4 nitrogen and oxygen atoms in total. The number of H-pyrrole nitrogens is 1. The molecule has 1 heterocycles. The molecule has 0 fully saturated rings. The molecule has 1 aromatic carbocycles. The molecule has 150 valence electrons. The first-order valence-electron chi connectivity index (χ1n) is 10.3. The van der Waals surface area contributed by atoms with Crippen LogP contribution in [-0.4, -0.2) is 23.0 Å². The molecule has 0 bridgehead atoms. The Kier molecular flexibility index (Phi) is 8.36. The Morgan fingerprint density at radius 2 is 2.07 bits per heavy atom. The Labute approximate surface area is 173 Å². The Morgan fingerprint density at radius 1 is 1.26 bits per heavy atom. The molecular formula is C22H34BrN3O. The van der Waals surface area contributed by atoms with Gasteiger partial charge in [-0.2, -0.15) is 0 Å². The van der Waals surface area contributed by atoms with Crippen LogP contribution in [0.5, 0.6) is 0 Å². The molecule has 3 rings (SSSR count). The van der Waals surface area contributed by atoms with Crippen molar-refractivity contribution in [3.63, 3.8) is 0 Å². The van der Waals surface area contributed by atoms with Crippen molar-refractivity contribution in [2.24, 2.45) is 0 Å². The molecule has 2 aromatic rings. The minimum Gasteiger partial charge on any atom is -0.358 e. The zero-order valence-corrected chi connectivity index (χ0v) is 18.6. The van der Waals surface area contributed by atoms with Crippen molar-refractivity contribution in [3.05, 3.63) is 29.5 Å². The van der Waals surface area contributed by atoms with Gasteiger partial charge in [-0.25, -0.2) is 0 Å². The highest BCUT2D eigenvalue weighted by atomic mass is 79.9. The van der Waals surface area contributed by atoms with Crippen LogP contribution >= 0.6 is 17.0 Å². The highest BCUT2D eigenvalue weighted by molar-refractivity contribution is 8.93. The molecule has 1 amide bonds. The summed E-state index contributed by atoms with van der Waals surface area (Å²) < 4.78 is 0. The lowest BCUT2D eigenvalue weighted by Gasteiger charge is -2.25. The molecule has 1 atom stereocenters. The molecule has 1 aromatic heterocycles. The van der Waals surface area contributed by atoms with Crippen LogP contribution in [-0.2, 0) is 17.6 Å². The van der Waals surface area contributed by atoms with Gasteiger partial charge < -0.3 is 15.6 Å². The SMILES string of the molecule is Br.CCCCCCC(=O)Nc1ccc2[nH]c3c(c2c1)CC(NC(C)C)CC3. The highest BCUT2D eigenvalue weighted by Gasteiger charge is 2.23. The van der Waals surface area contributed by atoms with E-state index >= 15 is 0 Å². The van der Waals surface area contributed by atoms with Crippen molar-refractivity contribution in [1.82, 2.24) is 10.3 Å². The van der Waals surface area contributed by atoms with Crippen LogP contribution < -0.4 is 10.6 Å². The largest absolute Gasteiger partial charge is 0.358 e. The molecular weight excluding hydrogens is 402 g/mol. The smallest absolute Gasteiger partial charge is 0.224 e. The lowest BCUT2D eigenvalue weighted by atomic mass is 9.91. The molecule has 0 radical (unpaired) electrons. The molecule has 3 N–H and O–H groups in total. The van der Waals surface area contributed by atoms with Crippen molar-refractivity contribution in [1.29, 1.82) is 0 Å². The number of nitrogens with one attached hydrogen (secondary N) is 3. The predicted molar refractivity (Wildman–Crippen MR) is 120 cm³/mol. The average molecular weight is 436 g/mol. The van der Waals surface area contributed by atoms with Gasteiger partial charge in [0.05, 0.1) is 0 Å². The van der Waals surface area contributed by atoms with Gasteiger partial charge in [-0.05, 0) is 49.4 Å². The molecule has 27 heavy (non-hydrogen) atoms. The van der Waals surface area contributed by atoms with Gasteiger partial charge in [0.15, 0.2) is 0 Å². The summed E-state index contributed by atoms with van der Waals surface area (Å²) in [7, 11) is 0. The first-order valence-corrected chi connectivity index (χ1v) is 10.3. The summed E-state index contributed by atoms with van der Waals surface area (Å²) in [5.41, 5.74) is 4.88. The van der Waals surface area contributed by atoms with Gasteiger partial charge >= 0.3 is 0 Å². The topological polar surface area (TPSA) is 56.9 Å². The van der Waals surface area contributed by atoms with E-state index in [1.54, 1.807) is 0 Å². The second-order valence-electron chi connectivity index (χ2n) is 7.96. The number of amides is 1. The van der Waals surface area contributed by atoms with E-state index in [0.717, 1.165) is 31.4 Å². The van der Waals surface area contributed by atoms with Crippen LogP contribution in [0, 0.1) is 0 Å². The number of rotatable bonds is 8. The normalized spacial score (nSPS) is 16.2. The number of aromatic amines is 1. The number of carbonyl (C=O) groups excluding carboxylic acids is 1. The number of carbonyl (C=O) groups is 1. The van der Waals surface area contributed by atoms with Gasteiger partial charge in [0.2, 0.25) is 5.91 Å². The average Bonchev–Trinajstić information content (AvgIpc) is 2.96. The predicted octanol–water partition coefficient (Wildman–Crippen LogP) is 5.51. The van der Waals surface area contributed by atoms with Crippen molar-refractivity contribution in [2.45, 2.75) is 84.2 Å². The molecule has 0 spiro atoms. The molecule has 1 aliphatic carbocycles. The van der Waals surface area contributed by atoms with Crippen LogP contribution in [0.15, 0.2) is 18.2 Å². The summed E-state index contributed by atoms with van der Waals surface area (Å²) in [6.07, 6.45) is 8.46. The minimum absolute atomic E-state index is 0. The fourth-order valence-electron chi connectivity index (χ4n) is 4.04. The van der Waals surface area contributed by atoms with Gasteiger partial charge in [0, 0.05) is 40.8 Å². The lowest BCUT2D eigenvalue weighted by Crippen LogP contribution is -2.38. The number of halogens is 1. The van der Waals surface area contributed by atoms with Gasteiger partial charge in [0.1, 0.15) is 0 Å². The molecule has 5 heteroatoms. The van der Waals surface area contributed by atoms with E-state index in [9.17, 15) is 4.79 Å².